The minimum absolute atomic E-state index is 0.0649. The van der Waals surface area contributed by atoms with Gasteiger partial charge in [0.1, 0.15) is 11.6 Å². The molecule has 4 rings (SSSR count). The number of aromatic nitrogens is 3. The van der Waals surface area contributed by atoms with E-state index in [0.717, 1.165) is 29.3 Å². The van der Waals surface area contributed by atoms with Crippen molar-refractivity contribution < 1.29 is 14.6 Å². The summed E-state index contributed by atoms with van der Waals surface area (Å²) in [6.45, 7) is 8.77. The lowest BCUT2D eigenvalue weighted by molar-refractivity contribution is 0.0234. The highest BCUT2D eigenvalue weighted by Gasteiger charge is 2.32. The predicted octanol–water partition coefficient (Wildman–Crippen LogP) is 3.01. The lowest BCUT2D eigenvalue weighted by Crippen LogP contribution is -2.39. The zero-order chi connectivity index (χ0) is 19.0. The molecule has 1 aliphatic heterocycles. The molecule has 8 heteroatoms. The van der Waals surface area contributed by atoms with Crippen LogP contribution in [-0.2, 0) is 4.74 Å². The Labute approximate surface area is 162 Å². The normalized spacial score (nSPS) is 16.9. The van der Waals surface area contributed by atoms with E-state index in [1.54, 1.807) is 0 Å². The smallest absolute Gasteiger partial charge is 0.230 e. The molecule has 0 radical (unpaired) electrons. The zero-order valence-corrected chi connectivity index (χ0v) is 16.6. The molecular formula is C19H24N4O3S. The molecule has 1 aromatic carbocycles. The fraction of sp³-hybridized carbons (Fsp3) is 0.474. The van der Waals surface area contributed by atoms with Gasteiger partial charge in [0.2, 0.25) is 10.8 Å². The fourth-order valence-electron chi connectivity index (χ4n) is 3.43. The van der Waals surface area contributed by atoms with Crippen molar-refractivity contribution in [3.8, 4) is 11.6 Å². The number of nitrogens with zero attached hydrogens (tertiary/aromatic N) is 4. The molecule has 0 spiro atoms. The molecule has 1 aliphatic rings. The highest BCUT2D eigenvalue weighted by Crippen LogP contribution is 2.43. The summed E-state index contributed by atoms with van der Waals surface area (Å²) in [6, 6.07) is 7.90. The van der Waals surface area contributed by atoms with Gasteiger partial charge in [-0.1, -0.05) is 29.5 Å². The maximum absolute atomic E-state index is 10.9. The molecule has 3 heterocycles. The predicted molar refractivity (Wildman–Crippen MR) is 104 cm³/mol. The van der Waals surface area contributed by atoms with Gasteiger partial charge in [-0.05, 0) is 26.8 Å². The van der Waals surface area contributed by atoms with Crippen LogP contribution < -0.4 is 4.74 Å². The van der Waals surface area contributed by atoms with Gasteiger partial charge in [0.15, 0.2) is 0 Å². The third-order valence-corrected chi connectivity index (χ3v) is 5.61. The summed E-state index contributed by atoms with van der Waals surface area (Å²) in [4.78, 5) is 8.27. The second kappa shape index (κ2) is 7.46. The average molecular weight is 388 g/mol. The number of rotatable bonds is 5. The Morgan fingerprint density at radius 1 is 1.22 bits per heavy atom. The van der Waals surface area contributed by atoms with Crippen molar-refractivity contribution in [2.45, 2.75) is 32.9 Å². The maximum Gasteiger partial charge on any atom is 0.230 e. The van der Waals surface area contributed by atoms with Crippen LogP contribution >= 0.6 is 11.3 Å². The van der Waals surface area contributed by atoms with E-state index in [1.807, 2.05) is 39.0 Å². The Hall–Kier alpha value is -2.16. The second-order valence-corrected chi connectivity index (χ2v) is 7.91. The summed E-state index contributed by atoms with van der Waals surface area (Å²) in [7, 11) is 0. The highest BCUT2D eigenvalue weighted by atomic mass is 32.1. The molecule has 1 unspecified atom stereocenters. The summed E-state index contributed by atoms with van der Waals surface area (Å²) < 4.78 is 13.1. The first kappa shape index (κ1) is 18.2. The second-order valence-electron chi connectivity index (χ2n) is 6.90. The monoisotopic (exact) mass is 388 g/mol. The molecule has 3 aromatic rings. The zero-order valence-electron chi connectivity index (χ0n) is 15.8. The number of fused-ring (bicyclic) bond motifs is 1. The van der Waals surface area contributed by atoms with Crippen molar-refractivity contribution in [2.24, 2.45) is 0 Å². The number of aryl methyl sites for hydroxylation is 1. The minimum Gasteiger partial charge on any atom is -0.492 e. The van der Waals surface area contributed by atoms with Gasteiger partial charge in [0, 0.05) is 18.7 Å². The number of para-hydroxylation sites is 1. The van der Waals surface area contributed by atoms with Crippen LogP contribution in [0.3, 0.4) is 0 Å². The first-order chi connectivity index (χ1) is 13.0. The van der Waals surface area contributed by atoms with Gasteiger partial charge in [0.25, 0.3) is 0 Å². The number of ether oxygens (including phenoxy) is 2. The molecule has 27 heavy (non-hydrogen) atoms. The number of benzene rings is 1. The van der Waals surface area contributed by atoms with E-state index in [0.29, 0.717) is 24.0 Å². The van der Waals surface area contributed by atoms with Crippen LogP contribution in [0.1, 0.15) is 36.2 Å². The third kappa shape index (κ3) is 3.52. The van der Waals surface area contributed by atoms with Crippen LogP contribution in [0.5, 0.6) is 11.6 Å². The lowest BCUT2D eigenvalue weighted by Gasteiger charge is -2.35. The van der Waals surface area contributed by atoms with Crippen LogP contribution in [0.2, 0.25) is 0 Å². The number of thiazole rings is 1. The molecule has 1 saturated heterocycles. The molecular weight excluding hydrogens is 364 g/mol. The summed E-state index contributed by atoms with van der Waals surface area (Å²) in [6.07, 6.45) is 0.0649. The Bertz CT molecular complexity index is 930. The van der Waals surface area contributed by atoms with Crippen LogP contribution in [0, 0.1) is 6.92 Å². The van der Waals surface area contributed by atoms with Crippen LogP contribution in [0.15, 0.2) is 24.3 Å². The Balaban J connectivity index is 1.84. The maximum atomic E-state index is 10.9. The van der Waals surface area contributed by atoms with Crippen molar-refractivity contribution in [2.75, 3.05) is 26.3 Å². The van der Waals surface area contributed by atoms with Gasteiger partial charge >= 0.3 is 0 Å². The molecule has 1 fully saturated rings. The molecule has 0 aliphatic carbocycles. The first-order valence-corrected chi connectivity index (χ1v) is 9.98. The molecule has 2 aromatic heterocycles. The van der Waals surface area contributed by atoms with Crippen molar-refractivity contribution in [1.82, 2.24) is 19.5 Å². The van der Waals surface area contributed by atoms with E-state index < -0.39 is 0 Å². The van der Waals surface area contributed by atoms with Gasteiger partial charge in [-0.3, -0.25) is 4.90 Å². The van der Waals surface area contributed by atoms with Crippen molar-refractivity contribution in [3.05, 3.63) is 40.5 Å². The number of aromatic hydroxyl groups is 1. The Kier molecular flexibility index (Phi) is 5.03. The summed E-state index contributed by atoms with van der Waals surface area (Å²) >= 11 is 1.47. The molecule has 7 nitrogen and oxygen atoms in total. The molecule has 1 atom stereocenters. The quantitative estimate of drug-likeness (QED) is 0.724. The van der Waals surface area contributed by atoms with Crippen LogP contribution in [0.4, 0.5) is 0 Å². The number of morpholine rings is 1. The van der Waals surface area contributed by atoms with Crippen molar-refractivity contribution >= 4 is 16.3 Å². The SMILES string of the molecule is Cc1nc2sc(C(c3ccccc3OC(C)C)N3CCOCC3)c(O)n2n1. The van der Waals surface area contributed by atoms with E-state index in [-0.39, 0.29) is 18.0 Å². The van der Waals surface area contributed by atoms with E-state index in [9.17, 15) is 5.11 Å². The fourth-order valence-corrected chi connectivity index (χ4v) is 4.59. The lowest BCUT2D eigenvalue weighted by atomic mass is 10.0. The van der Waals surface area contributed by atoms with Crippen molar-refractivity contribution in [1.29, 1.82) is 0 Å². The molecule has 1 N–H and O–H groups in total. The standard InChI is InChI=1S/C19H24N4O3S/c1-12(2)26-15-7-5-4-6-14(15)16(22-8-10-25-11-9-22)17-18(24)23-19(27-17)20-13(3)21-23/h4-7,12,16,24H,8-11H2,1-3H3. The third-order valence-electron chi connectivity index (χ3n) is 4.54. The molecule has 0 amide bonds. The summed E-state index contributed by atoms with van der Waals surface area (Å²) in [5.41, 5.74) is 1.03. The minimum atomic E-state index is -0.141. The summed E-state index contributed by atoms with van der Waals surface area (Å²) in [5, 5.41) is 15.2. The molecule has 0 bridgehead atoms. The van der Waals surface area contributed by atoms with E-state index >= 15 is 0 Å². The largest absolute Gasteiger partial charge is 0.492 e. The van der Waals surface area contributed by atoms with E-state index in [2.05, 4.69) is 21.0 Å². The molecule has 144 valence electrons. The average Bonchev–Trinajstić information content (AvgIpc) is 3.15. The van der Waals surface area contributed by atoms with Crippen LogP contribution in [0.25, 0.3) is 4.96 Å². The van der Waals surface area contributed by atoms with Gasteiger partial charge in [-0.25, -0.2) is 4.98 Å². The van der Waals surface area contributed by atoms with E-state index in [4.69, 9.17) is 9.47 Å². The Morgan fingerprint density at radius 3 is 2.67 bits per heavy atom. The van der Waals surface area contributed by atoms with Crippen molar-refractivity contribution in [3.63, 3.8) is 0 Å². The number of hydrogen-bond acceptors (Lipinski definition) is 7. The van der Waals surface area contributed by atoms with Gasteiger partial charge < -0.3 is 14.6 Å². The highest BCUT2D eigenvalue weighted by molar-refractivity contribution is 7.17. The van der Waals surface area contributed by atoms with E-state index in [1.165, 1.54) is 15.9 Å². The topological polar surface area (TPSA) is 72.1 Å². The molecule has 0 saturated carbocycles. The number of hydrogen-bond donors (Lipinski definition) is 1. The first-order valence-electron chi connectivity index (χ1n) is 9.17. The van der Waals surface area contributed by atoms with Gasteiger partial charge in [-0.15, -0.1) is 5.10 Å². The van der Waals surface area contributed by atoms with Gasteiger partial charge in [0.05, 0.1) is 30.2 Å². The van der Waals surface area contributed by atoms with Gasteiger partial charge in [-0.2, -0.15) is 4.52 Å². The Morgan fingerprint density at radius 2 is 1.96 bits per heavy atom. The summed E-state index contributed by atoms with van der Waals surface area (Å²) in [5.74, 6) is 1.62. The van der Waals surface area contributed by atoms with Crippen LogP contribution in [-0.4, -0.2) is 57.0 Å².